The Labute approximate surface area is 145 Å². The fraction of sp³-hybridized carbons (Fsp3) is 0.278. The molecule has 1 saturated heterocycles. The van der Waals surface area contributed by atoms with Gasteiger partial charge in [-0.2, -0.15) is 15.3 Å². The zero-order chi connectivity index (χ0) is 17.2. The molecule has 25 heavy (non-hydrogen) atoms. The number of phenolic OH excluding ortho intramolecular Hbond substituents is 1. The highest BCUT2D eigenvalue weighted by Crippen LogP contribution is 2.46. The highest BCUT2D eigenvalue weighted by Gasteiger charge is 2.26. The predicted octanol–water partition coefficient (Wildman–Crippen LogP) is 2.29. The first-order chi connectivity index (χ1) is 12.3. The number of nitrogens with one attached hydrogen (secondary N) is 2. The Hall–Kier alpha value is -2.93. The minimum atomic E-state index is 0.104. The van der Waals surface area contributed by atoms with Crippen molar-refractivity contribution in [3.8, 4) is 28.1 Å². The first kappa shape index (κ1) is 15.6. The van der Waals surface area contributed by atoms with E-state index in [4.69, 9.17) is 5.73 Å². The summed E-state index contributed by atoms with van der Waals surface area (Å²) in [6.45, 7) is 1.91. The van der Waals surface area contributed by atoms with Crippen molar-refractivity contribution in [1.82, 2.24) is 25.7 Å². The first-order valence-corrected chi connectivity index (χ1v) is 8.39. The minimum absolute atomic E-state index is 0.104. The fourth-order valence-corrected chi connectivity index (χ4v) is 3.60. The Balaban J connectivity index is 1.94. The summed E-state index contributed by atoms with van der Waals surface area (Å²) in [5.41, 5.74) is 11.2. The summed E-state index contributed by atoms with van der Waals surface area (Å²) in [5.74, 6) is 0.425. The molecule has 0 aliphatic carbocycles. The summed E-state index contributed by atoms with van der Waals surface area (Å²) in [7, 11) is 0. The van der Waals surface area contributed by atoms with Gasteiger partial charge in [0.2, 0.25) is 0 Å². The number of piperidine rings is 1. The molecule has 0 amide bonds. The van der Waals surface area contributed by atoms with Crippen molar-refractivity contribution >= 4 is 5.69 Å². The molecule has 128 valence electrons. The van der Waals surface area contributed by atoms with Crippen LogP contribution < -0.4 is 11.1 Å². The predicted molar refractivity (Wildman–Crippen MR) is 96.0 cm³/mol. The number of H-pyrrole nitrogens is 1. The van der Waals surface area contributed by atoms with Gasteiger partial charge in [0.15, 0.2) is 0 Å². The largest absolute Gasteiger partial charge is 0.507 e. The summed E-state index contributed by atoms with van der Waals surface area (Å²) in [6, 6.07) is 5.36. The van der Waals surface area contributed by atoms with Crippen LogP contribution in [0.4, 0.5) is 5.69 Å². The van der Waals surface area contributed by atoms with Crippen molar-refractivity contribution in [3.05, 3.63) is 42.4 Å². The normalized spacial score (nSPS) is 15.4. The van der Waals surface area contributed by atoms with E-state index in [1.165, 1.54) is 0 Å². The Morgan fingerprint density at radius 3 is 2.76 bits per heavy atom. The number of hydrogen-bond acceptors (Lipinski definition) is 6. The number of anilines is 1. The van der Waals surface area contributed by atoms with E-state index in [1.807, 2.05) is 12.3 Å². The molecule has 1 aliphatic heterocycles. The highest BCUT2D eigenvalue weighted by atomic mass is 16.3. The number of phenols is 1. The number of rotatable bonds is 3. The van der Waals surface area contributed by atoms with E-state index in [2.05, 4.69) is 25.7 Å². The lowest BCUT2D eigenvalue weighted by Crippen LogP contribution is -2.27. The van der Waals surface area contributed by atoms with Crippen LogP contribution in [0.15, 0.2) is 36.8 Å². The fourth-order valence-electron chi connectivity index (χ4n) is 3.60. The molecule has 5 N–H and O–H groups in total. The summed E-state index contributed by atoms with van der Waals surface area (Å²) < 4.78 is 0. The van der Waals surface area contributed by atoms with E-state index in [0.29, 0.717) is 22.9 Å². The third-order valence-electron chi connectivity index (χ3n) is 4.77. The van der Waals surface area contributed by atoms with Crippen molar-refractivity contribution in [1.29, 1.82) is 0 Å². The molecule has 4 rings (SSSR count). The third-order valence-corrected chi connectivity index (χ3v) is 4.77. The second-order valence-corrected chi connectivity index (χ2v) is 6.27. The maximum absolute atomic E-state index is 10.7. The summed E-state index contributed by atoms with van der Waals surface area (Å²) in [5, 5.41) is 29.0. The van der Waals surface area contributed by atoms with Crippen LogP contribution in [-0.2, 0) is 0 Å². The van der Waals surface area contributed by atoms with Crippen molar-refractivity contribution in [3.63, 3.8) is 0 Å². The van der Waals surface area contributed by atoms with Gasteiger partial charge in [-0.05, 0) is 61.2 Å². The first-order valence-electron chi connectivity index (χ1n) is 8.39. The van der Waals surface area contributed by atoms with E-state index in [9.17, 15) is 5.11 Å². The molecule has 1 fully saturated rings. The van der Waals surface area contributed by atoms with Crippen LogP contribution in [0, 0.1) is 0 Å². The Morgan fingerprint density at radius 1 is 1.24 bits per heavy atom. The van der Waals surface area contributed by atoms with Crippen molar-refractivity contribution in [2.45, 2.75) is 18.8 Å². The van der Waals surface area contributed by atoms with Crippen LogP contribution in [0.3, 0.4) is 0 Å². The molecular formula is C18H20N6O. The Bertz CT molecular complexity index is 857. The van der Waals surface area contributed by atoms with Crippen molar-refractivity contribution in [2.24, 2.45) is 0 Å². The van der Waals surface area contributed by atoms with Crippen LogP contribution in [0.2, 0.25) is 0 Å². The van der Waals surface area contributed by atoms with Crippen molar-refractivity contribution < 1.29 is 5.11 Å². The van der Waals surface area contributed by atoms with E-state index in [1.54, 1.807) is 24.5 Å². The number of aromatic hydroxyl groups is 1. The number of aromatic nitrogens is 4. The van der Waals surface area contributed by atoms with Gasteiger partial charge in [-0.1, -0.05) is 0 Å². The summed E-state index contributed by atoms with van der Waals surface area (Å²) >= 11 is 0. The average molecular weight is 336 g/mol. The topological polar surface area (TPSA) is 113 Å². The van der Waals surface area contributed by atoms with Gasteiger partial charge in [-0.15, -0.1) is 0 Å². The lowest BCUT2D eigenvalue weighted by molar-refractivity contribution is 0.459. The standard InChI is InChI=1S/C18H20N6O/c19-18-16(11-3-6-20-7-4-11)13(12-9-22-23-10-12)8-15(25)17(18)14-2-1-5-21-24-14/h1-2,5,8-11,20,25H,3-4,6-7,19H2,(H,22,23). The third kappa shape index (κ3) is 2.83. The molecule has 1 aromatic carbocycles. The molecule has 0 radical (unpaired) electrons. The zero-order valence-electron chi connectivity index (χ0n) is 13.7. The van der Waals surface area contributed by atoms with E-state index < -0.39 is 0 Å². The maximum atomic E-state index is 10.7. The van der Waals surface area contributed by atoms with Gasteiger partial charge in [0.1, 0.15) is 5.75 Å². The number of nitrogens with zero attached hydrogens (tertiary/aromatic N) is 3. The van der Waals surface area contributed by atoms with Gasteiger partial charge < -0.3 is 16.2 Å². The second-order valence-electron chi connectivity index (χ2n) is 6.27. The van der Waals surface area contributed by atoms with Crippen LogP contribution in [0.5, 0.6) is 5.75 Å². The van der Waals surface area contributed by atoms with E-state index in [-0.39, 0.29) is 5.75 Å². The average Bonchev–Trinajstić information content (AvgIpc) is 3.17. The van der Waals surface area contributed by atoms with Crippen LogP contribution >= 0.6 is 0 Å². The number of nitrogens with two attached hydrogens (primary N) is 1. The Kier molecular flexibility index (Phi) is 4.07. The molecule has 0 saturated carbocycles. The maximum Gasteiger partial charge on any atom is 0.127 e. The molecule has 3 aromatic rings. The molecule has 0 atom stereocenters. The quantitative estimate of drug-likeness (QED) is 0.546. The molecule has 0 unspecified atom stereocenters. The van der Waals surface area contributed by atoms with Gasteiger partial charge in [-0.25, -0.2) is 0 Å². The molecule has 0 bridgehead atoms. The number of hydrogen-bond donors (Lipinski definition) is 4. The van der Waals surface area contributed by atoms with Gasteiger partial charge in [0.25, 0.3) is 0 Å². The molecule has 3 heterocycles. The van der Waals surface area contributed by atoms with Gasteiger partial charge in [-0.3, -0.25) is 5.10 Å². The smallest absolute Gasteiger partial charge is 0.127 e. The number of benzene rings is 1. The summed E-state index contributed by atoms with van der Waals surface area (Å²) in [4.78, 5) is 0. The SMILES string of the molecule is Nc1c(-c2cccnn2)c(O)cc(-c2cn[nH]c2)c1C1CCNCC1. The monoisotopic (exact) mass is 336 g/mol. The molecule has 0 spiro atoms. The number of aromatic amines is 1. The molecular weight excluding hydrogens is 316 g/mol. The van der Waals surface area contributed by atoms with Gasteiger partial charge in [0.05, 0.1) is 17.5 Å². The van der Waals surface area contributed by atoms with Crippen molar-refractivity contribution in [2.75, 3.05) is 18.8 Å². The van der Waals surface area contributed by atoms with Crippen LogP contribution in [0.1, 0.15) is 24.3 Å². The summed E-state index contributed by atoms with van der Waals surface area (Å²) in [6.07, 6.45) is 7.17. The van der Waals surface area contributed by atoms with Crippen LogP contribution in [-0.4, -0.2) is 38.6 Å². The molecule has 1 aliphatic rings. The molecule has 7 nitrogen and oxygen atoms in total. The second kappa shape index (κ2) is 6.52. The van der Waals surface area contributed by atoms with E-state index >= 15 is 0 Å². The van der Waals surface area contributed by atoms with E-state index in [0.717, 1.165) is 42.6 Å². The minimum Gasteiger partial charge on any atom is -0.507 e. The zero-order valence-corrected chi connectivity index (χ0v) is 13.7. The van der Waals surface area contributed by atoms with Gasteiger partial charge >= 0.3 is 0 Å². The van der Waals surface area contributed by atoms with Gasteiger partial charge in [0, 0.05) is 23.6 Å². The molecule has 7 heteroatoms. The molecule has 2 aromatic heterocycles. The number of nitrogen functional groups attached to an aromatic ring is 1. The lowest BCUT2D eigenvalue weighted by Gasteiger charge is -2.27. The Morgan fingerprint density at radius 2 is 2.08 bits per heavy atom. The lowest BCUT2D eigenvalue weighted by atomic mass is 9.82. The highest BCUT2D eigenvalue weighted by molar-refractivity contribution is 5.88. The van der Waals surface area contributed by atoms with Crippen LogP contribution in [0.25, 0.3) is 22.4 Å².